The van der Waals surface area contributed by atoms with Crippen molar-refractivity contribution in [2.75, 3.05) is 4.72 Å². The maximum atomic E-state index is 13.9. The minimum atomic E-state index is -4.05. The molecule has 8 nitrogen and oxygen atoms in total. The second-order valence-electron chi connectivity index (χ2n) is 6.86. The van der Waals surface area contributed by atoms with Crippen LogP contribution in [0.2, 0.25) is 0 Å². The van der Waals surface area contributed by atoms with E-state index in [1.54, 1.807) is 53.3 Å². The largest absolute Gasteiger partial charge is 0.280 e. The van der Waals surface area contributed by atoms with E-state index >= 15 is 0 Å². The first-order valence-corrected chi connectivity index (χ1v) is 11.0. The summed E-state index contributed by atoms with van der Waals surface area (Å²) in [7, 11) is -4.05. The third-order valence-corrected chi connectivity index (χ3v) is 6.17. The molecule has 0 aliphatic heterocycles. The van der Waals surface area contributed by atoms with Gasteiger partial charge in [-0.05, 0) is 48.5 Å². The zero-order chi connectivity index (χ0) is 22.1. The summed E-state index contributed by atoms with van der Waals surface area (Å²) in [6, 6.07) is 19.1. The molecule has 32 heavy (non-hydrogen) atoms. The van der Waals surface area contributed by atoms with E-state index in [0.29, 0.717) is 22.9 Å². The number of hydrogen-bond acceptors (Lipinski definition) is 6. The molecule has 2 aromatic carbocycles. The van der Waals surface area contributed by atoms with Crippen molar-refractivity contribution in [2.45, 2.75) is 4.90 Å². The minimum Gasteiger partial charge on any atom is -0.280 e. The van der Waals surface area contributed by atoms with E-state index in [1.807, 2.05) is 12.1 Å². The smallest absolute Gasteiger partial charge is 0.264 e. The predicted molar refractivity (Wildman–Crippen MR) is 117 cm³/mol. The van der Waals surface area contributed by atoms with Gasteiger partial charge >= 0.3 is 0 Å². The van der Waals surface area contributed by atoms with Crippen LogP contribution in [0.3, 0.4) is 0 Å². The van der Waals surface area contributed by atoms with Gasteiger partial charge in [0.2, 0.25) is 0 Å². The fraction of sp³-hybridized carbons (Fsp3) is 0. The van der Waals surface area contributed by atoms with Crippen molar-refractivity contribution in [2.24, 2.45) is 0 Å². The Balaban J connectivity index is 1.45. The van der Waals surface area contributed by atoms with E-state index in [9.17, 15) is 12.8 Å². The lowest BCUT2D eigenvalue weighted by Gasteiger charge is -2.09. The van der Waals surface area contributed by atoms with Gasteiger partial charge in [0.05, 0.1) is 5.69 Å². The molecule has 158 valence electrons. The SMILES string of the molecule is O=S(=O)(Nc1ccc(-c2ccc3nnc(-c4ccncc4)n3n2)cc1)c1ccccc1F. The number of hydrogen-bond donors (Lipinski definition) is 1. The number of aromatic nitrogens is 5. The van der Waals surface area contributed by atoms with Gasteiger partial charge < -0.3 is 0 Å². The lowest BCUT2D eigenvalue weighted by atomic mass is 10.1. The number of rotatable bonds is 5. The molecular formula is C22H15FN6O2S. The molecule has 10 heteroatoms. The summed E-state index contributed by atoms with van der Waals surface area (Å²) < 4.78 is 42.9. The summed E-state index contributed by atoms with van der Waals surface area (Å²) in [5.74, 6) is -0.230. The molecule has 0 aliphatic rings. The van der Waals surface area contributed by atoms with E-state index in [2.05, 4.69) is 25.0 Å². The van der Waals surface area contributed by atoms with Crippen molar-refractivity contribution in [3.05, 3.63) is 91.0 Å². The number of anilines is 1. The monoisotopic (exact) mass is 446 g/mol. The van der Waals surface area contributed by atoms with Gasteiger partial charge in [0, 0.05) is 29.2 Å². The first kappa shape index (κ1) is 19.8. The second kappa shape index (κ2) is 7.82. The van der Waals surface area contributed by atoms with E-state index in [-0.39, 0.29) is 0 Å². The third kappa shape index (κ3) is 3.67. The molecule has 0 radical (unpaired) electrons. The summed E-state index contributed by atoms with van der Waals surface area (Å²) in [4.78, 5) is 3.60. The minimum absolute atomic E-state index is 0.305. The van der Waals surface area contributed by atoms with Crippen LogP contribution in [-0.2, 0) is 10.0 Å². The molecular weight excluding hydrogens is 431 g/mol. The van der Waals surface area contributed by atoms with Gasteiger partial charge in [-0.1, -0.05) is 24.3 Å². The van der Waals surface area contributed by atoms with Crippen LogP contribution < -0.4 is 4.72 Å². The number of benzene rings is 2. The van der Waals surface area contributed by atoms with Gasteiger partial charge in [0.25, 0.3) is 10.0 Å². The average Bonchev–Trinajstić information content (AvgIpc) is 3.23. The highest BCUT2D eigenvalue weighted by Gasteiger charge is 2.18. The Morgan fingerprint density at radius 2 is 1.56 bits per heavy atom. The number of pyridine rings is 1. The molecule has 0 amide bonds. The molecule has 0 atom stereocenters. The molecule has 0 unspecified atom stereocenters. The highest BCUT2D eigenvalue weighted by molar-refractivity contribution is 7.92. The van der Waals surface area contributed by atoms with Crippen LogP contribution in [0.25, 0.3) is 28.3 Å². The number of fused-ring (bicyclic) bond motifs is 1. The summed E-state index contributed by atoms with van der Waals surface area (Å²) in [5, 5.41) is 13.0. The fourth-order valence-corrected chi connectivity index (χ4v) is 4.34. The zero-order valence-corrected chi connectivity index (χ0v) is 17.2. The van der Waals surface area contributed by atoms with Crippen LogP contribution in [0, 0.1) is 5.82 Å². The Bertz CT molecular complexity index is 1520. The molecule has 0 saturated heterocycles. The summed E-state index contributed by atoms with van der Waals surface area (Å²) in [6.45, 7) is 0. The molecule has 1 N–H and O–H groups in total. The Morgan fingerprint density at radius 1 is 0.812 bits per heavy atom. The quantitative estimate of drug-likeness (QED) is 0.441. The van der Waals surface area contributed by atoms with Crippen LogP contribution in [0.15, 0.2) is 90.1 Å². The molecule has 0 spiro atoms. The van der Waals surface area contributed by atoms with Crippen molar-refractivity contribution in [3.63, 3.8) is 0 Å². The highest BCUT2D eigenvalue weighted by Crippen LogP contribution is 2.24. The summed E-state index contributed by atoms with van der Waals surface area (Å²) in [6.07, 6.45) is 3.34. The van der Waals surface area contributed by atoms with Gasteiger partial charge in [-0.2, -0.15) is 9.61 Å². The summed E-state index contributed by atoms with van der Waals surface area (Å²) >= 11 is 0. The Labute approximate surface area is 182 Å². The van der Waals surface area contributed by atoms with Crippen LogP contribution in [-0.4, -0.2) is 33.2 Å². The van der Waals surface area contributed by atoms with Crippen molar-refractivity contribution in [1.29, 1.82) is 0 Å². The molecule has 5 rings (SSSR count). The number of sulfonamides is 1. The van der Waals surface area contributed by atoms with Crippen molar-refractivity contribution < 1.29 is 12.8 Å². The van der Waals surface area contributed by atoms with Crippen molar-refractivity contribution in [3.8, 4) is 22.6 Å². The molecule has 5 aromatic rings. The molecule has 0 aliphatic carbocycles. The maximum absolute atomic E-state index is 13.9. The Morgan fingerprint density at radius 3 is 2.31 bits per heavy atom. The van der Waals surface area contributed by atoms with Gasteiger partial charge in [-0.15, -0.1) is 10.2 Å². The van der Waals surface area contributed by atoms with E-state index in [4.69, 9.17) is 0 Å². The van der Waals surface area contributed by atoms with Crippen molar-refractivity contribution in [1.82, 2.24) is 24.8 Å². The average molecular weight is 446 g/mol. The van der Waals surface area contributed by atoms with Gasteiger partial charge in [-0.25, -0.2) is 12.8 Å². The van der Waals surface area contributed by atoms with Gasteiger partial charge in [0.1, 0.15) is 10.7 Å². The van der Waals surface area contributed by atoms with Crippen LogP contribution >= 0.6 is 0 Å². The van der Waals surface area contributed by atoms with E-state index in [1.165, 1.54) is 18.2 Å². The van der Waals surface area contributed by atoms with Crippen LogP contribution in [0.4, 0.5) is 10.1 Å². The zero-order valence-electron chi connectivity index (χ0n) is 16.4. The summed E-state index contributed by atoms with van der Waals surface area (Å²) in [5.41, 5.74) is 3.14. The predicted octanol–water partition coefficient (Wildman–Crippen LogP) is 3.79. The molecule has 0 saturated carbocycles. The lowest BCUT2D eigenvalue weighted by molar-refractivity contribution is 0.570. The second-order valence-corrected chi connectivity index (χ2v) is 8.51. The van der Waals surface area contributed by atoms with Crippen LogP contribution in [0.1, 0.15) is 0 Å². The first-order valence-electron chi connectivity index (χ1n) is 9.52. The maximum Gasteiger partial charge on any atom is 0.264 e. The first-order chi connectivity index (χ1) is 15.5. The van der Waals surface area contributed by atoms with E-state index in [0.717, 1.165) is 17.2 Å². The Hall–Kier alpha value is -4.18. The third-order valence-electron chi connectivity index (χ3n) is 4.76. The van der Waals surface area contributed by atoms with Crippen LogP contribution in [0.5, 0.6) is 0 Å². The highest BCUT2D eigenvalue weighted by atomic mass is 32.2. The fourth-order valence-electron chi connectivity index (χ4n) is 3.21. The van der Waals surface area contributed by atoms with Crippen molar-refractivity contribution >= 4 is 21.4 Å². The van der Waals surface area contributed by atoms with Gasteiger partial charge in [0.15, 0.2) is 11.5 Å². The standard InChI is InChI=1S/C22H15FN6O2S/c23-18-3-1-2-4-20(18)32(30,31)28-17-7-5-15(6-8-17)19-9-10-21-25-26-22(29(21)27-19)16-11-13-24-14-12-16/h1-14,28H. The van der Waals surface area contributed by atoms with E-state index < -0.39 is 20.7 Å². The molecule has 3 heterocycles. The lowest BCUT2D eigenvalue weighted by Crippen LogP contribution is -2.14. The van der Waals surface area contributed by atoms with Gasteiger partial charge in [-0.3, -0.25) is 9.71 Å². The topological polar surface area (TPSA) is 102 Å². The molecule has 3 aromatic heterocycles. The number of nitrogens with zero attached hydrogens (tertiary/aromatic N) is 5. The molecule has 0 bridgehead atoms. The number of halogens is 1. The number of nitrogens with one attached hydrogen (secondary N) is 1. The Kier molecular flexibility index (Phi) is 4.83. The normalized spacial score (nSPS) is 11.5. The molecule has 0 fully saturated rings.